The molecule has 0 aromatic rings. The number of ether oxygens (including phenoxy) is 1. The van der Waals surface area contributed by atoms with E-state index in [1.165, 1.54) is 0 Å². The summed E-state index contributed by atoms with van der Waals surface area (Å²) in [5.41, 5.74) is -0.382. The van der Waals surface area contributed by atoms with Gasteiger partial charge in [-0.25, -0.2) is 0 Å². The molecule has 0 radical (unpaired) electrons. The Labute approximate surface area is 71.3 Å². The van der Waals surface area contributed by atoms with Gasteiger partial charge in [-0.2, -0.15) is 0 Å². The maximum atomic E-state index is 11.0. The Kier molecular flexibility index (Phi) is 2.19. The lowest BCUT2D eigenvalue weighted by atomic mass is 10.1. The van der Waals surface area contributed by atoms with Crippen LogP contribution in [0.15, 0.2) is 0 Å². The first kappa shape index (κ1) is 9.19. The van der Waals surface area contributed by atoms with Crippen LogP contribution in [-0.4, -0.2) is 23.5 Å². The summed E-state index contributed by atoms with van der Waals surface area (Å²) < 4.78 is 5.35. The largest absolute Gasteiger partial charge is 0.362 e. The molecule has 0 aliphatic carbocycles. The average Bonchev–Trinajstić information content (AvgIpc) is 2.06. The second-order valence-electron chi connectivity index (χ2n) is 3.84. The first-order valence-electron chi connectivity index (χ1n) is 3.90. The van der Waals surface area contributed by atoms with Gasteiger partial charge in [0, 0.05) is 0 Å². The highest BCUT2D eigenvalue weighted by Gasteiger charge is 2.34. The number of nitrogens with one attached hydrogen (secondary N) is 1. The maximum absolute atomic E-state index is 11.0. The zero-order valence-electron chi connectivity index (χ0n) is 7.51. The highest BCUT2D eigenvalue weighted by molar-refractivity contribution is 6.04. The molecule has 1 atom stereocenters. The monoisotopic (exact) mass is 171 g/mol. The zero-order valence-corrected chi connectivity index (χ0v) is 7.51. The van der Waals surface area contributed by atoms with Crippen LogP contribution >= 0.6 is 0 Å². The molecule has 0 bridgehead atoms. The Bertz CT molecular complexity index is 217. The van der Waals surface area contributed by atoms with Gasteiger partial charge in [-0.1, -0.05) is 0 Å². The number of imide groups is 1. The van der Waals surface area contributed by atoms with Gasteiger partial charge in [-0.15, -0.1) is 0 Å². The minimum absolute atomic E-state index is 0.149. The molecule has 1 rings (SSSR count). The van der Waals surface area contributed by atoms with Crippen molar-refractivity contribution in [3.8, 4) is 0 Å². The molecule has 0 spiro atoms. The summed E-state index contributed by atoms with van der Waals surface area (Å²) in [6, 6.07) is 0. The molecule has 0 saturated carbocycles. The molecule has 1 fully saturated rings. The molecule has 1 N–H and O–H groups in total. The van der Waals surface area contributed by atoms with E-state index >= 15 is 0 Å². The predicted molar refractivity (Wildman–Crippen MR) is 42.4 cm³/mol. The van der Waals surface area contributed by atoms with Crippen LogP contribution in [0, 0.1) is 0 Å². The van der Waals surface area contributed by atoms with Gasteiger partial charge in [0.2, 0.25) is 5.91 Å². The van der Waals surface area contributed by atoms with Crippen LogP contribution in [0.25, 0.3) is 0 Å². The topological polar surface area (TPSA) is 55.4 Å². The fourth-order valence-electron chi connectivity index (χ4n) is 1.05. The lowest BCUT2D eigenvalue weighted by Gasteiger charge is -2.22. The number of amides is 2. The Morgan fingerprint density at radius 3 is 2.33 bits per heavy atom. The van der Waals surface area contributed by atoms with E-state index in [9.17, 15) is 9.59 Å². The molecule has 0 aromatic carbocycles. The minimum atomic E-state index is -0.600. The van der Waals surface area contributed by atoms with Gasteiger partial charge in [0.05, 0.1) is 12.0 Å². The molecule has 1 aliphatic rings. The van der Waals surface area contributed by atoms with Crippen LogP contribution in [0.4, 0.5) is 0 Å². The van der Waals surface area contributed by atoms with Gasteiger partial charge in [-0.3, -0.25) is 14.9 Å². The molecule has 2 amide bonds. The van der Waals surface area contributed by atoms with Crippen LogP contribution in [0.2, 0.25) is 0 Å². The standard InChI is InChI=1S/C8H13NO3/c1-8(2,3)12-5-4-6(10)9-7(5)11/h5H,4H2,1-3H3,(H,9,10,11)/t5-/m0/s1. The predicted octanol–water partition coefficient (Wildman–Crippen LogP) is 0.217. The molecular formula is C8H13NO3. The van der Waals surface area contributed by atoms with Crippen LogP contribution < -0.4 is 5.32 Å². The third kappa shape index (κ3) is 2.30. The van der Waals surface area contributed by atoms with Crippen molar-refractivity contribution >= 4 is 11.8 Å². The first-order valence-corrected chi connectivity index (χ1v) is 3.90. The fourth-order valence-corrected chi connectivity index (χ4v) is 1.05. The number of carbonyl (C=O) groups excluding carboxylic acids is 2. The molecule has 0 unspecified atom stereocenters. The molecule has 4 heteroatoms. The van der Waals surface area contributed by atoms with Crippen LogP contribution in [-0.2, 0) is 14.3 Å². The summed E-state index contributed by atoms with van der Waals surface area (Å²) in [6.07, 6.45) is -0.451. The number of hydrogen-bond donors (Lipinski definition) is 1. The van der Waals surface area contributed by atoms with E-state index in [0.717, 1.165) is 0 Å². The van der Waals surface area contributed by atoms with E-state index < -0.39 is 6.10 Å². The highest BCUT2D eigenvalue weighted by Crippen LogP contribution is 2.16. The minimum Gasteiger partial charge on any atom is -0.362 e. The second kappa shape index (κ2) is 2.86. The van der Waals surface area contributed by atoms with Crippen molar-refractivity contribution in [2.24, 2.45) is 0 Å². The van der Waals surface area contributed by atoms with E-state index in [1.54, 1.807) is 0 Å². The van der Waals surface area contributed by atoms with E-state index in [4.69, 9.17) is 4.74 Å². The molecule has 1 saturated heterocycles. The van der Waals surface area contributed by atoms with Gasteiger partial charge in [0.15, 0.2) is 0 Å². The Hall–Kier alpha value is -0.900. The molecule has 68 valence electrons. The SMILES string of the molecule is CC(C)(C)O[C@H]1CC(=O)NC1=O. The summed E-state index contributed by atoms with van der Waals surface area (Å²) in [4.78, 5) is 21.7. The van der Waals surface area contributed by atoms with Crippen molar-refractivity contribution in [3.05, 3.63) is 0 Å². The molecule has 1 heterocycles. The average molecular weight is 171 g/mol. The third-order valence-electron chi connectivity index (χ3n) is 1.42. The summed E-state index contributed by atoms with van der Waals surface area (Å²) >= 11 is 0. The maximum Gasteiger partial charge on any atom is 0.256 e. The number of rotatable bonds is 1. The number of carbonyl (C=O) groups is 2. The van der Waals surface area contributed by atoms with Crippen LogP contribution in [0.5, 0.6) is 0 Å². The quantitative estimate of drug-likeness (QED) is 0.574. The highest BCUT2D eigenvalue weighted by atomic mass is 16.5. The van der Waals surface area contributed by atoms with E-state index in [1.807, 2.05) is 20.8 Å². The molecular weight excluding hydrogens is 158 g/mol. The fraction of sp³-hybridized carbons (Fsp3) is 0.750. The van der Waals surface area contributed by atoms with Crippen LogP contribution in [0.3, 0.4) is 0 Å². The van der Waals surface area contributed by atoms with E-state index in [2.05, 4.69) is 5.32 Å². The Morgan fingerprint density at radius 1 is 1.42 bits per heavy atom. The van der Waals surface area contributed by atoms with Crippen molar-refractivity contribution in [2.45, 2.75) is 38.9 Å². The van der Waals surface area contributed by atoms with Crippen LogP contribution in [0.1, 0.15) is 27.2 Å². The molecule has 4 nitrogen and oxygen atoms in total. The zero-order chi connectivity index (χ0) is 9.35. The third-order valence-corrected chi connectivity index (χ3v) is 1.42. The van der Waals surface area contributed by atoms with Gasteiger partial charge < -0.3 is 4.74 Å². The lowest BCUT2D eigenvalue weighted by Crippen LogP contribution is -2.33. The normalized spacial score (nSPS) is 24.4. The van der Waals surface area contributed by atoms with Gasteiger partial charge in [0.1, 0.15) is 6.10 Å². The second-order valence-corrected chi connectivity index (χ2v) is 3.84. The first-order chi connectivity index (χ1) is 5.38. The summed E-state index contributed by atoms with van der Waals surface area (Å²) in [6.45, 7) is 5.55. The van der Waals surface area contributed by atoms with Gasteiger partial charge in [0.25, 0.3) is 5.91 Å². The van der Waals surface area contributed by atoms with Crippen molar-refractivity contribution in [1.82, 2.24) is 5.32 Å². The summed E-state index contributed by atoms with van der Waals surface area (Å²) in [7, 11) is 0. The van der Waals surface area contributed by atoms with Crippen molar-refractivity contribution in [2.75, 3.05) is 0 Å². The van der Waals surface area contributed by atoms with Crippen molar-refractivity contribution in [1.29, 1.82) is 0 Å². The Morgan fingerprint density at radius 2 is 2.00 bits per heavy atom. The van der Waals surface area contributed by atoms with Crippen molar-refractivity contribution < 1.29 is 14.3 Å². The smallest absolute Gasteiger partial charge is 0.256 e. The van der Waals surface area contributed by atoms with E-state index in [-0.39, 0.29) is 23.8 Å². The van der Waals surface area contributed by atoms with E-state index in [0.29, 0.717) is 0 Å². The molecule has 1 aliphatic heterocycles. The molecule has 12 heavy (non-hydrogen) atoms. The molecule has 0 aromatic heterocycles. The van der Waals surface area contributed by atoms with Crippen molar-refractivity contribution in [3.63, 3.8) is 0 Å². The van der Waals surface area contributed by atoms with Gasteiger partial charge in [-0.05, 0) is 20.8 Å². The summed E-state index contributed by atoms with van der Waals surface area (Å²) in [5, 5.41) is 2.19. The lowest BCUT2D eigenvalue weighted by molar-refractivity contribution is -0.137. The number of hydrogen-bond acceptors (Lipinski definition) is 3. The summed E-state index contributed by atoms with van der Waals surface area (Å²) in [5.74, 6) is -0.579. The van der Waals surface area contributed by atoms with Gasteiger partial charge >= 0.3 is 0 Å². The Balaban J connectivity index is 2.54.